The maximum atomic E-state index is 12.4. The van der Waals surface area contributed by atoms with E-state index in [9.17, 15) is 8.42 Å². The van der Waals surface area contributed by atoms with Gasteiger partial charge in [-0.2, -0.15) is 0 Å². The van der Waals surface area contributed by atoms with Crippen molar-refractivity contribution in [2.75, 3.05) is 14.1 Å². The summed E-state index contributed by atoms with van der Waals surface area (Å²) in [6.45, 7) is 4.96. The summed E-state index contributed by atoms with van der Waals surface area (Å²) >= 11 is 0. The van der Waals surface area contributed by atoms with Gasteiger partial charge in [-0.3, -0.25) is 0 Å². The Balaban J connectivity index is 2.17. The first-order valence-electron chi connectivity index (χ1n) is 8.40. The highest BCUT2D eigenvalue weighted by molar-refractivity contribution is 7.89. The van der Waals surface area contributed by atoms with Gasteiger partial charge in [0.25, 0.3) is 0 Å². The largest absolute Gasteiger partial charge is 0.324 e. The summed E-state index contributed by atoms with van der Waals surface area (Å²) in [4.78, 5) is 4.99. The molecule has 0 radical (unpaired) electrons. The van der Waals surface area contributed by atoms with Crippen molar-refractivity contribution in [1.29, 1.82) is 0 Å². The molecule has 0 fully saturated rings. The molecule has 0 spiro atoms. The molecular weight excluding hydrogens is 334 g/mol. The van der Waals surface area contributed by atoms with Gasteiger partial charge in [0, 0.05) is 26.2 Å². The molecule has 3 aromatic rings. The first kappa shape index (κ1) is 17.6. The zero-order valence-corrected chi connectivity index (χ0v) is 15.8. The summed E-state index contributed by atoms with van der Waals surface area (Å²) in [6.07, 6.45) is 0.996. The van der Waals surface area contributed by atoms with Gasteiger partial charge in [-0.25, -0.2) is 17.7 Å². The van der Waals surface area contributed by atoms with Crippen molar-refractivity contribution in [1.82, 2.24) is 13.9 Å². The molecule has 132 valence electrons. The summed E-state index contributed by atoms with van der Waals surface area (Å²) in [5, 5.41) is 0. The highest BCUT2D eigenvalue weighted by Crippen LogP contribution is 2.27. The van der Waals surface area contributed by atoms with Crippen molar-refractivity contribution in [3.05, 3.63) is 48.0 Å². The number of fused-ring (bicyclic) bond motifs is 1. The molecule has 5 nitrogen and oxygen atoms in total. The number of hydrogen-bond donors (Lipinski definition) is 0. The molecule has 25 heavy (non-hydrogen) atoms. The molecule has 0 saturated heterocycles. The van der Waals surface area contributed by atoms with Gasteiger partial charge < -0.3 is 4.57 Å². The predicted molar refractivity (Wildman–Crippen MR) is 101 cm³/mol. The number of imidazole rings is 1. The van der Waals surface area contributed by atoms with E-state index in [1.807, 2.05) is 6.07 Å². The van der Waals surface area contributed by atoms with E-state index in [2.05, 4.69) is 42.7 Å². The molecule has 1 heterocycles. The molecule has 3 rings (SSSR count). The molecule has 0 atom stereocenters. The van der Waals surface area contributed by atoms with Crippen LogP contribution in [0.25, 0.3) is 22.4 Å². The van der Waals surface area contributed by atoms with E-state index in [0.29, 0.717) is 5.52 Å². The average Bonchev–Trinajstić information content (AvgIpc) is 2.99. The molecule has 0 amide bonds. The zero-order valence-electron chi connectivity index (χ0n) is 15.0. The SMILES string of the molecule is CCc1ccc(-c2nc3cc(S(=O)(=O)N(C)C)ccc3n2CC)cc1. The van der Waals surface area contributed by atoms with Crippen LogP contribution in [0.4, 0.5) is 0 Å². The average molecular weight is 357 g/mol. The zero-order chi connectivity index (χ0) is 18.2. The second kappa shape index (κ2) is 6.61. The number of hydrogen-bond acceptors (Lipinski definition) is 3. The van der Waals surface area contributed by atoms with Crippen molar-refractivity contribution in [3.63, 3.8) is 0 Å². The standard InChI is InChI=1S/C19H23N3O2S/c1-5-14-7-9-15(10-8-14)19-20-17-13-16(25(23,24)21(3)4)11-12-18(17)22(19)6-2/h7-13H,5-6H2,1-4H3. The Morgan fingerprint density at radius 1 is 1.04 bits per heavy atom. The van der Waals surface area contributed by atoms with Gasteiger partial charge in [-0.05, 0) is 37.1 Å². The predicted octanol–water partition coefficient (Wildman–Crippen LogP) is 3.54. The highest BCUT2D eigenvalue weighted by Gasteiger charge is 2.19. The van der Waals surface area contributed by atoms with E-state index in [1.54, 1.807) is 12.1 Å². The lowest BCUT2D eigenvalue weighted by Crippen LogP contribution is -2.22. The molecule has 0 saturated carbocycles. The third kappa shape index (κ3) is 3.07. The third-order valence-corrected chi connectivity index (χ3v) is 6.25. The summed E-state index contributed by atoms with van der Waals surface area (Å²) in [5.74, 6) is 0.861. The number of aromatic nitrogens is 2. The number of rotatable bonds is 5. The number of sulfonamides is 1. The van der Waals surface area contributed by atoms with Gasteiger partial charge in [0.05, 0.1) is 15.9 Å². The Morgan fingerprint density at radius 3 is 2.28 bits per heavy atom. The van der Waals surface area contributed by atoms with Crippen LogP contribution < -0.4 is 0 Å². The molecule has 2 aromatic carbocycles. The van der Waals surface area contributed by atoms with Crippen LogP contribution in [-0.2, 0) is 23.0 Å². The fourth-order valence-electron chi connectivity index (χ4n) is 2.91. The number of nitrogens with zero attached hydrogens (tertiary/aromatic N) is 3. The third-order valence-electron chi connectivity index (χ3n) is 4.43. The van der Waals surface area contributed by atoms with Gasteiger partial charge in [-0.1, -0.05) is 31.2 Å². The minimum absolute atomic E-state index is 0.263. The number of aryl methyl sites for hydroxylation is 2. The molecule has 0 aliphatic rings. The van der Waals surface area contributed by atoms with E-state index in [0.717, 1.165) is 29.9 Å². The normalized spacial score (nSPS) is 12.2. The minimum atomic E-state index is -3.47. The summed E-state index contributed by atoms with van der Waals surface area (Å²) in [5.41, 5.74) is 3.95. The summed E-state index contributed by atoms with van der Waals surface area (Å²) in [7, 11) is -0.403. The second-order valence-corrected chi connectivity index (χ2v) is 8.32. The van der Waals surface area contributed by atoms with Crippen LogP contribution in [0.2, 0.25) is 0 Å². The summed E-state index contributed by atoms with van der Waals surface area (Å²) in [6, 6.07) is 13.5. The second-order valence-electron chi connectivity index (χ2n) is 6.17. The van der Waals surface area contributed by atoms with Gasteiger partial charge in [0.1, 0.15) is 5.82 Å². The first-order chi connectivity index (χ1) is 11.9. The van der Waals surface area contributed by atoms with E-state index in [4.69, 9.17) is 4.98 Å². The Bertz CT molecular complexity index is 1000. The van der Waals surface area contributed by atoms with Gasteiger partial charge in [0.15, 0.2) is 0 Å². The fourth-order valence-corrected chi connectivity index (χ4v) is 3.83. The smallest absolute Gasteiger partial charge is 0.242 e. The maximum Gasteiger partial charge on any atom is 0.242 e. The molecule has 1 aromatic heterocycles. The quantitative estimate of drug-likeness (QED) is 0.702. The van der Waals surface area contributed by atoms with Crippen LogP contribution in [-0.4, -0.2) is 36.4 Å². The van der Waals surface area contributed by atoms with Crippen LogP contribution in [0.3, 0.4) is 0 Å². The van der Waals surface area contributed by atoms with E-state index in [1.165, 1.54) is 24.0 Å². The first-order valence-corrected chi connectivity index (χ1v) is 9.84. The molecule has 0 aliphatic carbocycles. The van der Waals surface area contributed by atoms with Crippen LogP contribution in [0.5, 0.6) is 0 Å². The maximum absolute atomic E-state index is 12.4. The lowest BCUT2D eigenvalue weighted by Gasteiger charge is -2.11. The number of benzene rings is 2. The van der Waals surface area contributed by atoms with Crippen molar-refractivity contribution >= 4 is 21.1 Å². The van der Waals surface area contributed by atoms with Crippen LogP contribution >= 0.6 is 0 Å². The van der Waals surface area contributed by atoms with Crippen LogP contribution in [0.1, 0.15) is 19.4 Å². The fraction of sp³-hybridized carbons (Fsp3) is 0.316. The summed E-state index contributed by atoms with van der Waals surface area (Å²) < 4.78 is 28.1. The van der Waals surface area contributed by atoms with Gasteiger partial charge >= 0.3 is 0 Å². The van der Waals surface area contributed by atoms with Crippen LogP contribution in [0, 0.1) is 0 Å². The highest BCUT2D eigenvalue weighted by atomic mass is 32.2. The monoisotopic (exact) mass is 357 g/mol. The van der Waals surface area contributed by atoms with Crippen molar-refractivity contribution in [2.24, 2.45) is 0 Å². The van der Waals surface area contributed by atoms with E-state index in [-0.39, 0.29) is 4.90 Å². The topological polar surface area (TPSA) is 55.2 Å². The lowest BCUT2D eigenvalue weighted by atomic mass is 10.1. The van der Waals surface area contributed by atoms with E-state index >= 15 is 0 Å². The van der Waals surface area contributed by atoms with Gasteiger partial charge in [-0.15, -0.1) is 0 Å². The van der Waals surface area contributed by atoms with Crippen molar-refractivity contribution < 1.29 is 8.42 Å². The molecule has 0 bridgehead atoms. The van der Waals surface area contributed by atoms with E-state index < -0.39 is 10.0 Å². The molecule has 0 unspecified atom stereocenters. The Hall–Kier alpha value is -2.18. The lowest BCUT2D eigenvalue weighted by molar-refractivity contribution is 0.521. The molecular formula is C19H23N3O2S. The Kier molecular flexibility index (Phi) is 4.67. The minimum Gasteiger partial charge on any atom is -0.324 e. The van der Waals surface area contributed by atoms with Crippen molar-refractivity contribution in [2.45, 2.75) is 31.7 Å². The van der Waals surface area contributed by atoms with Crippen molar-refractivity contribution in [3.8, 4) is 11.4 Å². The van der Waals surface area contributed by atoms with Crippen LogP contribution in [0.15, 0.2) is 47.4 Å². The molecule has 6 heteroatoms. The Labute approximate surface area is 149 Å². The molecule has 0 aliphatic heterocycles. The molecule has 0 N–H and O–H groups in total. The van der Waals surface area contributed by atoms with Gasteiger partial charge in [0.2, 0.25) is 10.0 Å². The Morgan fingerprint density at radius 2 is 1.72 bits per heavy atom.